The fourth-order valence-corrected chi connectivity index (χ4v) is 2.55. The van der Waals surface area contributed by atoms with Crippen molar-refractivity contribution in [2.24, 2.45) is 13.0 Å². The van der Waals surface area contributed by atoms with Gasteiger partial charge in [-0.3, -0.25) is 0 Å². The van der Waals surface area contributed by atoms with Crippen LogP contribution in [0.15, 0.2) is 30.3 Å². The van der Waals surface area contributed by atoms with Crippen molar-refractivity contribution < 1.29 is 9.90 Å². The SMILES string of the molecule is Cc1c(/C(=C/C(=O)O)C(C)C)c2ccccc2n1C. The van der Waals surface area contributed by atoms with Crippen LogP contribution in [0.25, 0.3) is 16.5 Å². The van der Waals surface area contributed by atoms with Gasteiger partial charge < -0.3 is 9.67 Å². The maximum atomic E-state index is 11.1. The lowest BCUT2D eigenvalue weighted by Crippen LogP contribution is -2.01. The Balaban J connectivity index is 2.81. The van der Waals surface area contributed by atoms with Crippen LogP contribution in [0.1, 0.15) is 25.1 Å². The highest BCUT2D eigenvalue weighted by Crippen LogP contribution is 2.34. The molecule has 19 heavy (non-hydrogen) atoms. The summed E-state index contributed by atoms with van der Waals surface area (Å²) >= 11 is 0. The van der Waals surface area contributed by atoms with E-state index >= 15 is 0 Å². The second kappa shape index (κ2) is 4.92. The summed E-state index contributed by atoms with van der Waals surface area (Å²) in [6, 6.07) is 8.10. The summed E-state index contributed by atoms with van der Waals surface area (Å²) in [5.41, 5.74) is 4.16. The van der Waals surface area contributed by atoms with E-state index in [4.69, 9.17) is 5.11 Å². The van der Waals surface area contributed by atoms with Crippen LogP contribution in [0.4, 0.5) is 0 Å². The zero-order chi connectivity index (χ0) is 14.2. The number of aliphatic carboxylic acids is 1. The molecule has 1 aromatic carbocycles. The Morgan fingerprint density at radius 1 is 1.32 bits per heavy atom. The molecule has 2 aromatic rings. The van der Waals surface area contributed by atoms with Crippen molar-refractivity contribution in [3.63, 3.8) is 0 Å². The molecule has 3 heteroatoms. The zero-order valence-corrected chi connectivity index (χ0v) is 11.8. The highest BCUT2D eigenvalue weighted by molar-refractivity contribution is 6.00. The summed E-state index contributed by atoms with van der Waals surface area (Å²) < 4.78 is 2.11. The number of carboxylic acid groups (broad SMARTS) is 1. The largest absolute Gasteiger partial charge is 0.478 e. The summed E-state index contributed by atoms with van der Waals surface area (Å²) in [7, 11) is 2.01. The van der Waals surface area contributed by atoms with Crippen molar-refractivity contribution >= 4 is 22.4 Å². The number of hydrogen-bond acceptors (Lipinski definition) is 1. The lowest BCUT2D eigenvalue weighted by Gasteiger charge is -2.12. The standard InChI is InChI=1S/C16H19NO2/c1-10(2)13(9-15(18)19)16-11(3)17(4)14-8-6-5-7-12(14)16/h5-10H,1-4H3,(H,18,19)/b13-9+. The average Bonchev–Trinajstić information content (AvgIpc) is 2.60. The van der Waals surface area contributed by atoms with Crippen molar-refractivity contribution in [2.45, 2.75) is 20.8 Å². The Labute approximate surface area is 113 Å². The van der Waals surface area contributed by atoms with Gasteiger partial charge >= 0.3 is 5.97 Å². The van der Waals surface area contributed by atoms with Crippen molar-refractivity contribution in [1.29, 1.82) is 0 Å². The maximum Gasteiger partial charge on any atom is 0.328 e. The molecule has 0 spiro atoms. The van der Waals surface area contributed by atoms with Gasteiger partial charge in [-0.05, 0) is 24.5 Å². The lowest BCUT2D eigenvalue weighted by molar-refractivity contribution is -0.131. The second-order valence-corrected chi connectivity index (χ2v) is 5.13. The molecule has 1 heterocycles. The van der Waals surface area contributed by atoms with Crippen LogP contribution in [0.3, 0.4) is 0 Å². The lowest BCUT2D eigenvalue weighted by atomic mass is 9.92. The first-order chi connectivity index (χ1) is 8.93. The molecule has 1 aromatic heterocycles. The van der Waals surface area contributed by atoms with Gasteiger partial charge in [0.05, 0.1) is 0 Å². The van der Waals surface area contributed by atoms with Gasteiger partial charge in [0.1, 0.15) is 0 Å². The first-order valence-electron chi connectivity index (χ1n) is 6.42. The summed E-state index contributed by atoms with van der Waals surface area (Å²) in [4.78, 5) is 11.1. The van der Waals surface area contributed by atoms with Gasteiger partial charge in [0, 0.05) is 35.3 Å². The topological polar surface area (TPSA) is 42.2 Å². The van der Waals surface area contributed by atoms with Crippen LogP contribution in [-0.2, 0) is 11.8 Å². The van der Waals surface area contributed by atoms with E-state index in [-0.39, 0.29) is 5.92 Å². The number of nitrogens with zero attached hydrogens (tertiary/aromatic N) is 1. The summed E-state index contributed by atoms with van der Waals surface area (Å²) in [5, 5.41) is 10.2. The van der Waals surface area contributed by atoms with Crippen LogP contribution in [-0.4, -0.2) is 15.6 Å². The van der Waals surface area contributed by atoms with Crippen LogP contribution in [0.2, 0.25) is 0 Å². The normalized spacial score (nSPS) is 12.4. The number of hydrogen-bond donors (Lipinski definition) is 1. The van der Waals surface area contributed by atoms with E-state index in [0.29, 0.717) is 0 Å². The summed E-state index contributed by atoms with van der Waals surface area (Å²) in [5.74, 6) is -0.725. The third-order valence-electron chi connectivity index (χ3n) is 3.59. The molecule has 0 amide bonds. The van der Waals surface area contributed by atoms with E-state index in [1.54, 1.807) is 0 Å². The Morgan fingerprint density at radius 3 is 2.53 bits per heavy atom. The number of rotatable bonds is 3. The minimum absolute atomic E-state index is 0.167. The van der Waals surface area contributed by atoms with Crippen LogP contribution < -0.4 is 0 Å². The molecule has 0 bridgehead atoms. The molecule has 0 saturated carbocycles. The average molecular weight is 257 g/mol. The third kappa shape index (κ3) is 2.28. The van der Waals surface area contributed by atoms with E-state index in [1.165, 1.54) is 6.08 Å². The van der Waals surface area contributed by atoms with Crippen LogP contribution >= 0.6 is 0 Å². The van der Waals surface area contributed by atoms with Gasteiger partial charge in [-0.2, -0.15) is 0 Å². The van der Waals surface area contributed by atoms with Crippen molar-refractivity contribution in [2.75, 3.05) is 0 Å². The predicted octanol–water partition coefficient (Wildman–Crippen LogP) is 3.61. The maximum absolute atomic E-state index is 11.1. The first kappa shape index (κ1) is 13.4. The molecule has 0 fully saturated rings. The van der Waals surface area contributed by atoms with Gasteiger partial charge in [-0.1, -0.05) is 32.0 Å². The Hall–Kier alpha value is -2.03. The fraction of sp³-hybridized carbons (Fsp3) is 0.312. The molecule has 0 unspecified atom stereocenters. The number of aryl methyl sites for hydroxylation is 1. The van der Waals surface area contributed by atoms with Gasteiger partial charge in [0.2, 0.25) is 0 Å². The van der Waals surface area contributed by atoms with E-state index in [1.807, 2.05) is 40.0 Å². The molecular weight excluding hydrogens is 238 g/mol. The minimum atomic E-state index is -0.893. The molecule has 0 aliphatic heterocycles. The molecule has 3 nitrogen and oxygen atoms in total. The van der Waals surface area contributed by atoms with Gasteiger partial charge in [0.15, 0.2) is 0 Å². The number of benzene rings is 1. The summed E-state index contributed by atoms with van der Waals surface area (Å²) in [6.45, 7) is 6.08. The van der Waals surface area contributed by atoms with E-state index in [0.717, 1.165) is 27.7 Å². The monoisotopic (exact) mass is 257 g/mol. The minimum Gasteiger partial charge on any atom is -0.478 e. The smallest absolute Gasteiger partial charge is 0.328 e. The van der Waals surface area contributed by atoms with Crippen molar-refractivity contribution in [1.82, 2.24) is 4.57 Å². The van der Waals surface area contributed by atoms with Crippen molar-refractivity contribution in [3.8, 4) is 0 Å². The molecule has 0 aliphatic carbocycles. The number of carbonyl (C=O) groups is 1. The van der Waals surface area contributed by atoms with Crippen LogP contribution in [0, 0.1) is 12.8 Å². The molecule has 0 saturated heterocycles. The predicted molar refractivity (Wildman–Crippen MR) is 78.1 cm³/mol. The molecule has 1 N–H and O–H groups in total. The third-order valence-corrected chi connectivity index (χ3v) is 3.59. The van der Waals surface area contributed by atoms with Gasteiger partial charge in [0.25, 0.3) is 0 Å². The van der Waals surface area contributed by atoms with E-state index in [9.17, 15) is 4.79 Å². The highest BCUT2D eigenvalue weighted by Gasteiger charge is 2.18. The van der Waals surface area contributed by atoms with Gasteiger partial charge in [-0.25, -0.2) is 4.79 Å². The molecule has 2 rings (SSSR count). The molecular formula is C16H19NO2. The number of allylic oxidation sites excluding steroid dienone is 1. The van der Waals surface area contributed by atoms with Crippen molar-refractivity contribution in [3.05, 3.63) is 41.6 Å². The zero-order valence-electron chi connectivity index (χ0n) is 11.8. The van der Waals surface area contributed by atoms with Crippen LogP contribution in [0.5, 0.6) is 0 Å². The Kier molecular flexibility index (Phi) is 3.47. The Morgan fingerprint density at radius 2 is 1.95 bits per heavy atom. The Bertz CT molecular complexity index is 663. The highest BCUT2D eigenvalue weighted by atomic mass is 16.4. The second-order valence-electron chi connectivity index (χ2n) is 5.13. The number of fused-ring (bicyclic) bond motifs is 1. The quantitative estimate of drug-likeness (QED) is 0.853. The number of carboxylic acids is 1. The number of aromatic nitrogens is 1. The molecule has 0 atom stereocenters. The molecule has 0 radical (unpaired) electrons. The molecule has 0 aliphatic rings. The van der Waals surface area contributed by atoms with Gasteiger partial charge in [-0.15, -0.1) is 0 Å². The number of para-hydroxylation sites is 1. The van der Waals surface area contributed by atoms with E-state index in [2.05, 4.69) is 16.7 Å². The molecule has 100 valence electrons. The van der Waals surface area contributed by atoms with E-state index < -0.39 is 5.97 Å². The first-order valence-corrected chi connectivity index (χ1v) is 6.42. The fourth-order valence-electron chi connectivity index (χ4n) is 2.55. The summed E-state index contributed by atoms with van der Waals surface area (Å²) in [6.07, 6.45) is 1.33.